The Hall–Kier alpha value is -1.06. The van der Waals surface area contributed by atoms with Crippen LogP contribution in [0.15, 0.2) is 0 Å². The molecule has 0 aromatic carbocycles. The Labute approximate surface area is 176 Å². The molecular weight excluding hydrogens is 362 g/mol. The van der Waals surface area contributed by atoms with Crippen molar-refractivity contribution in [1.82, 2.24) is 5.32 Å². The van der Waals surface area contributed by atoms with Crippen LogP contribution in [-0.2, 0) is 9.59 Å². The van der Waals surface area contributed by atoms with Crippen LogP contribution in [0.5, 0.6) is 0 Å². The number of aliphatic carboxylic acids is 1. The van der Waals surface area contributed by atoms with Gasteiger partial charge in [0, 0.05) is 6.04 Å². The molecule has 2 unspecified atom stereocenters. The van der Waals surface area contributed by atoms with E-state index in [9.17, 15) is 9.59 Å². The van der Waals surface area contributed by atoms with Gasteiger partial charge in [-0.2, -0.15) is 0 Å². The van der Waals surface area contributed by atoms with Gasteiger partial charge in [0.1, 0.15) is 0 Å². The van der Waals surface area contributed by atoms with Crippen LogP contribution < -0.4 is 5.32 Å². The third-order valence-corrected chi connectivity index (χ3v) is 10.6. The molecule has 0 aromatic rings. The summed E-state index contributed by atoms with van der Waals surface area (Å²) in [6.07, 6.45) is 12.6. The summed E-state index contributed by atoms with van der Waals surface area (Å²) in [5.74, 6) is 2.82. The maximum absolute atomic E-state index is 11.6. The fourth-order valence-corrected chi connectivity index (χ4v) is 8.90. The molecule has 0 heterocycles. The van der Waals surface area contributed by atoms with Gasteiger partial charge in [0.05, 0.1) is 0 Å². The highest BCUT2D eigenvalue weighted by Gasteiger charge is 2.60. The Bertz CT molecular complexity index is 662. The molecule has 4 fully saturated rings. The van der Waals surface area contributed by atoms with E-state index in [4.69, 9.17) is 5.11 Å². The van der Waals surface area contributed by atoms with Crippen LogP contribution >= 0.6 is 0 Å². The number of amides is 1. The molecule has 4 rings (SSSR count). The van der Waals surface area contributed by atoms with Crippen molar-refractivity contribution in [3.05, 3.63) is 0 Å². The van der Waals surface area contributed by atoms with Gasteiger partial charge in [-0.1, -0.05) is 34.1 Å². The van der Waals surface area contributed by atoms with Gasteiger partial charge in [-0.3, -0.25) is 4.79 Å². The largest absolute Gasteiger partial charge is 0.474 e. The molecule has 4 heteroatoms. The number of rotatable bonds is 3. The lowest BCUT2D eigenvalue weighted by Gasteiger charge is -2.61. The molecule has 29 heavy (non-hydrogen) atoms. The minimum absolute atomic E-state index is 0.0448. The van der Waals surface area contributed by atoms with E-state index < -0.39 is 11.9 Å². The molecule has 2 N–H and O–H groups in total. The van der Waals surface area contributed by atoms with Gasteiger partial charge in [-0.05, 0) is 104 Å². The number of nitrogens with one attached hydrogen (secondary N) is 1. The summed E-state index contributed by atoms with van der Waals surface area (Å²) in [7, 11) is 0. The molecule has 4 saturated carbocycles. The van der Waals surface area contributed by atoms with E-state index in [-0.39, 0.29) is 6.04 Å². The average Bonchev–Trinajstić information content (AvgIpc) is 3.04. The van der Waals surface area contributed by atoms with Crippen molar-refractivity contribution in [2.45, 2.75) is 97.9 Å². The first kappa shape index (κ1) is 21.2. The highest BCUT2D eigenvalue weighted by Crippen LogP contribution is 2.68. The smallest absolute Gasteiger partial charge is 0.394 e. The van der Waals surface area contributed by atoms with Gasteiger partial charge in [-0.25, -0.2) is 4.79 Å². The zero-order valence-electron chi connectivity index (χ0n) is 18.9. The highest BCUT2D eigenvalue weighted by atomic mass is 16.4. The van der Waals surface area contributed by atoms with Crippen LogP contribution in [0.25, 0.3) is 0 Å². The van der Waals surface area contributed by atoms with Gasteiger partial charge in [0.2, 0.25) is 0 Å². The SMILES string of the molecule is CCC(C)C1CC[C@H]2[C@@H]3CC[C@@H]4C[C@H](NC(=O)C(=O)O)CC[C@]4(C)[C@H]3CC[C@]12C. The quantitative estimate of drug-likeness (QED) is 0.632. The van der Waals surface area contributed by atoms with E-state index in [0.717, 1.165) is 48.9 Å². The molecule has 0 aromatic heterocycles. The molecule has 0 spiro atoms. The summed E-state index contributed by atoms with van der Waals surface area (Å²) in [5, 5.41) is 11.7. The zero-order valence-corrected chi connectivity index (χ0v) is 18.9. The number of carbonyl (C=O) groups is 2. The Morgan fingerprint density at radius 1 is 1.00 bits per heavy atom. The van der Waals surface area contributed by atoms with E-state index in [1.54, 1.807) is 0 Å². The fraction of sp³-hybridized carbons (Fsp3) is 0.920. The van der Waals surface area contributed by atoms with Crippen LogP contribution in [0.3, 0.4) is 0 Å². The zero-order chi connectivity index (χ0) is 21.0. The van der Waals surface area contributed by atoms with Crippen molar-refractivity contribution in [3.8, 4) is 0 Å². The summed E-state index contributed by atoms with van der Waals surface area (Å²) in [4.78, 5) is 22.6. The Morgan fingerprint density at radius 2 is 1.69 bits per heavy atom. The van der Waals surface area contributed by atoms with Crippen molar-refractivity contribution >= 4 is 11.9 Å². The normalized spacial score (nSPS) is 47.4. The summed E-state index contributed by atoms with van der Waals surface area (Å²) in [5.41, 5.74) is 0.926. The average molecular weight is 404 g/mol. The van der Waals surface area contributed by atoms with E-state index in [1.807, 2.05) is 0 Å². The second-order valence-corrected chi connectivity index (χ2v) is 11.5. The molecule has 1 amide bonds. The standard InChI is InChI=1S/C25H41NO3/c1-5-15(2)19-8-9-20-18-7-6-16-14-17(26-22(27)23(28)29)10-12-24(16,3)21(18)11-13-25(19,20)4/h15-21H,5-14H2,1-4H3,(H,26,27)(H,28,29)/t15?,16-,17-,18+,19?,20+,21+,24+,25-/m1/s1. The molecule has 0 aliphatic heterocycles. The Morgan fingerprint density at radius 3 is 2.38 bits per heavy atom. The summed E-state index contributed by atoms with van der Waals surface area (Å²) >= 11 is 0. The maximum atomic E-state index is 11.6. The lowest BCUT2D eigenvalue weighted by atomic mass is 9.44. The first-order valence-corrected chi connectivity index (χ1v) is 12.2. The van der Waals surface area contributed by atoms with Gasteiger partial charge >= 0.3 is 11.9 Å². The van der Waals surface area contributed by atoms with Crippen LogP contribution in [0.4, 0.5) is 0 Å². The minimum atomic E-state index is -1.36. The number of hydrogen-bond acceptors (Lipinski definition) is 2. The van der Waals surface area contributed by atoms with Crippen LogP contribution in [0.1, 0.15) is 91.9 Å². The molecule has 4 aliphatic carbocycles. The van der Waals surface area contributed by atoms with Crippen LogP contribution in [-0.4, -0.2) is 23.0 Å². The Balaban J connectivity index is 1.48. The molecule has 0 radical (unpaired) electrons. The lowest BCUT2D eigenvalue weighted by Crippen LogP contribution is -2.56. The second kappa shape index (κ2) is 7.57. The van der Waals surface area contributed by atoms with Crippen molar-refractivity contribution in [1.29, 1.82) is 0 Å². The molecule has 9 atom stereocenters. The van der Waals surface area contributed by atoms with Crippen molar-refractivity contribution < 1.29 is 14.7 Å². The van der Waals surface area contributed by atoms with Crippen molar-refractivity contribution in [2.24, 2.45) is 46.3 Å². The molecule has 0 bridgehead atoms. The predicted molar refractivity (Wildman–Crippen MR) is 114 cm³/mol. The lowest BCUT2D eigenvalue weighted by molar-refractivity contribution is -0.151. The first-order valence-electron chi connectivity index (χ1n) is 12.2. The molecule has 164 valence electrons. The van der Waals surface area contributed by atoms with E-state index >= 15 is 0 Å². The van der Waals surface area contributed by atoms with Gasteiger partial charge in [0.25, 0.3) is 0 Å². The molecule has 0 saturated heterocycles. The summed E-state index contributed by atoms with van der Waals surface area (Å²) in [6.45, 7) is 10.0. The minimum Gasteiger partial charge on any atom is -0.474 e. The topological polar surface area (TPSA) is 66.4 Å². The Kier molecular flexibility index (Phi) is 5.53. The van der Waals surface area contributed by atoms with E-state index in [0.29, 0.717) is 16.7 Å². The third-order valence-electron chi connectivity index (χ3n) is 10.6. The van der Waals surface area contributed by atoms with E-state index in [2.05, 4.69) is 33.0 Å². The highest BCUT2D eigenvalue weighted by molar-refractivity contribution is 6.31. The van der Waals surface area contributed by atoms with Crippen molar-refractivity contribution in [3.63, 3.8) is 0 Å². The first-order chi connectivity index (χ1) is 13.7. The number of carbonyl (C=O) groups excluding carboxylic acids is 1. The second-order valence-electron chi connectivity index (χ2n) is 11.5. The van der Waals surface area contributed by atoms with E-state index in [1.165, 1.54) is 44.9 Å². The van der Waals surface area contributed by atoms with Crippen LogP contribution in [0, 0.1) is 46.3 Å². The molecular formula is C25H41NO3. The summed E-state index contributed by atoms with van der Waals surface area (Å²) in [6, 6.07) is 0.0448. The third kappa shape index (κ3) is 3.33. The number of hydrogen-bond donors (Lipinski definition) is 2. The van der Waals surface area contributed by atoms with Crippen LogP contribution in [0.2, 0.25) is 0 Å². The van der Waals surface area contributed by atoms with Crippen molar-refractivity contribution in [2.75, 3.05) is 0 Å². The number of carboxylic acids is 1. The van der Waals surface area contributed by atoms with Gasteiger partial charge in [0.15, 0.2) is 0 Å². The fourth-order valence-electron chi connectivity index (χ4n) is 8.90. The van der Waals surface area contributed by atoms with Gasteiger partial charge in [-0.15, -0.1) is 0 Å². The number of fused-ring (bicyclic) bond motifs is 5. The molecule has 4 nitrogen and oxygen atoms in total. The monoisotopic (exact) mass is 403 g/mol. The maximum Gasteiger partial charge on any atom is 0.394 e. The predicted octanol–water partition coefficient (Wildman–Crippen LogP) is 5.26. The van der Waals surface area contributed by atoms with Gasteiger partial charge < -0.3 is 10.4 Å². The number of carboxylic acid groups (broad SMARTS) is 1. The summed E-state index contributed by atoms with van der Waals surface area (Å²) < 4.78 is 0. The molecule has 4 aliphatic rings.